The van der Waals surface area contributed by atoms with Gasteiger partial charge in [-0.15, -0.1) is 11.3 Å². The van der Waals surface area contributed by atoms with Crippen molar-refractivity contribution in [3.05, 3.63) is 10.8 Å². The van der Waals surface area contributed by atoms with Crippen LogP contribution in [-0.4, -0.2) is 23.0 Å². The molecule has 0 atom stereocenters. The summed E-state index contributed by atoms with van der Waals surface area (Å²) in [6, 6.07) is 0. The van der Waals surface area contributed by atoms with Gasteiger partial charge in [0.1, 0.15) is 5.54 Å². The second-order valence-electron chi connectivity index (χ2n) is 3.97. The third kappa shape index (κ3) is 1.45. The van der Waals surface area contributed by atoms with Crippen LogP contribution in [0, 0.1) is 0 Å². The lowest BCUT2D eigenvalue weighted by Crippen LogP contribution is -2.54. The van der Waals surface area contributed by atoms with Crippen molar-refractivity contribution < 1.29 is 4.79 Å². The van der Waals surface area contributed by atoms with Crippen LogP contribution in [0.25, 0.3) is 0 Å². The Morgan fingerprint density at radius 1 is 1.20 bits per heavy atom. The molecule has 0 bridgehead atoms. The molecule has 3 nitrogen and oxygen atoms in total. The maximum atomic E-state index is 12.1. The fourth-order valence-corrected chi connectivity index (χ4v) is 4.02. The van der Waals surface area contributed by atoms with Crippen LogP contribution in [0.5, 0.6) is 0 Å². The molecule has 0 aromatic carbocycles. The quantitative estimate of drug-likeness (QED) is 0.731. The summed E-state index contributed by atoms with van der Waals surface area (Å²) < 4.78 is 0. The number of hydrogen-bond donors (Lipinski definition) is 2. The summed E-state index contributed by atoms with van der Waals surface area (Å²) in [5.41, 5.74) is 1.69. The molecule has 2 N–H and O–H groups in total. The number of carbonyl (C=O) groups is 1. The van der Waals surface area contributed by atoms with Gasteiger partial charge in [0.05, 0.1) is 11.4 Å². The zero-order valence-electron chi connectivity index (χ0n) is 8.21. The van der Waals surface area contributed by atoms with Gasteiger partial charge in [-0.25, -0.2) is 0 Å². The number of fused-ring (bicyclic) bond motifs is 1. The minimum Gasteiger partial charge on any atom is -0.369 e. The predicted molar refractivity (Wildman–Crippen MR) is 65.9 cm³/mol. The Labute approximate surface area is 96.6 Å². The molecule has 1 spiro atoms. The van der Waals surface area contributed by atoms with Gasteiger partial charge in [-0.2, -0.15) is 11.8 Å². The molecule has 1 aromatic rings. The molecular weight excluding hydrogens is 228 g/mol. The molecule has 15 heavy (non-hydrogen) atoms. The monoisotopic (exact) mass is 240 g/mol. The minimum absolute atomic E-state index is 0.147. The van der Waals surface area contributed by atoms with E-state index in [-0.39, 0.29) is 11.4 Å². The first-order chi connectivity index (χ1) is 7.30. The molecular formula is C10H12N2OS2. The Kier molecular flexibility index (Phi) is 2.17. The first kappa shape index (κ1) is 9.54. The fraction of sp³-hybridized carbons (Fsp3) is 0.500. The zero-order chi connectivity index (χ0) is 10.3. The summed E-state index contributed by atoms with van der Waals surface area (Å²) in [6.07, 6.45) is 1.86. The van der Waals surface area contributed by atoms with Gasteiger partial charge in [0.15, 0.2) is 0 Å². The van der Waals surface area contributed by atoms with Gasteiger partial charge < -0.3 is 10.6 Å². The van der Waals surface area contributed by atoms with Gasteiger partial charge in [-0.3, -0.25) is 4.79 Å². The Hall–Kier alpha value is -0.680. The van der Waals surface area contributed by atoms with E-state index in [2.05, 4.69) is 16.0 Å². The van der Waals surface area contributed by atoms with Crippen LogP contribution >= 0.6 is 23.1 Å². The number of thiophene rings is 1. The first-order valence-electron chi connectivity index (χ1n) is 5.04. The summed E-state index contributed by atoms with van der Waals surface area (Å²) in [7, 11) is 0. The largest absolute Gasteiger partial charge is 0.369 e. The highest BCUT2D eigenvalue weighted by molar-refractivity contribution is 7.99. The number of rotatable bonds is 0. The molecule has 2 aliphatic heterocycles. The van der Waals surface area contributed by atoms with Crippen molar-refractivity contribution in [1.29, 1.82) is 0 Å². The topological polar surface area (TPSA) is 41.1 Å². The lowest BCUT2D eigenvalue weighted by molar-refractivity contribution is -0.120. The smallest absolute Gasteiger partial charge is 0.250 e. The molecule has 0 unspecified atom stereocenters. The zero-order valence-corrected chi connectivity index (χ0v) is 9.84. The SMILES string of the molecule is O=C1Nc2cscc2NC12CCSCC2. The Morgan fingerprint density at radius 3 is 2.73 bits per heavy atom. The van der Waals surface area contributed by atoms with E-state index in [9.17, 15) is 4.79 Å². The molecule has 1 saturated heterocycles. The molecule has 0 saturated carbocycles. The van der Waals surface area contributed by atoms with Gasteiger partial charge in [0.25, 0.3) is 0 Å². The Bertz CT molecular complexity index is 396. The number of anilines is 2. The van der Waals surface area contributed by atoms with Crippen molar-refractivity contribution in [3.8, 4) is 0 Å². The van der Waals surface area contributed by atoms with Crippen molar-refractivity contribution in [2.24, 2.45) is 0 Å². The van der Waals surface area contributed by atoms with Gasteiger partial charge in [0.2, 0.25) is 5.91 Å². The van der Waals surface area contributed by atoms with E-state index in [1.54, 1.807) is 11.3 Å². The average Bonchev–Trinajstić information content (AvgIpc) is 2.67. The highest BCUT2D eigenvalue weighted by atomic mass is 32.2. The highest BCUT2D eigenvalue weighted by Crippen LogP contribution is 2.39. The molecule has 3 heterocycles. The third-order valence-corrected chi connectivity index (χ3v) is 4.79. The van der Waals surface area contributed by atoms with Crippen LogP contribution in [0.2, 0.25) is 0 Å². The summed E-state index contributed by atoms with van der Waals surface area (Å²) in [4.78, 5) is 12.1. The van der Waals surface area contributed by atoms with Crippen molar-refractivity contribution in [1.82, 2.24) is 0 Å². The van der Waals surface area contributed by atoms with E-state index in [0.717, 1.165) is 35.7 Å². The normalized spacial score (nSPS) is 23.1. The molecule has 2 aliphatic rings. The Morgan fingerprint density at radius 2 is 1.93 bits per heavy atom. The highest BCUT2D eigenvalue weighted by Gasteiger charge is 2.43. The summed E-state index contributed by atoms with van der Waals surface area (Å²) >= 11 is 3.55. The number of thioether (sulfide) groups is 1. The molecule has 1 aromatic heterocycles. The van der Waals surface area contributed by atoms with Crippen LogP contribution < -0.4 is 10.6 Å². The molecule has 0 aliphatic carbocycles. The average molecular weight is 240 g/mol. The fourth-order valence-electron chi connectivity index (χ4n) is 2.12. The van der Waals surface area contributed by atoms with Crippen LogP contribution in [0.1, 0.15) is 12.8 Å². The predicted octanol–water partition coefficient (Wildman–Crippen LogP) is 2.38. The Balaban J connectivity index is 1.95. The standard InChI is InChI=1S/C10H12N2OS2/c13-9-10(1-3-14-4-2-10)12-8-6-15-5-7(8)11-9/h5-6,12H,1-4H2,(H,11,13). The summed E-state index contributed by atoms with van der Waals surface area (Å²) in [5, 5.41) is 10.5. The summed E-state index contributed by atoms with van der Waals surface area (Å²) in [5.74, 6) is 2.29. The first-order valence-corrected chi connectivity index (χ1v) is 7.13. The van der Waals surface area contributed by atoms with Gasteiger partial charge >= 0.3 is 0 Å². The van der Waals surface area contributed by atoms with Crippen LogP contribution in [0.4, 0.5) is 11.4 Å². The number of carbonyl (C=O) groups excluding carboxylic acids is 1. The number of nitrogens with one attached hydrogen (secondary N) is 2. The van der Waals surface area contributed by atoms with Crippen LogP contribution in [0.3, 0.4) is 0 Å². The van der Waals surface area contributed by atoms with Gasteiger partial charge in [-0.1, -0.05) is 0 Å². The van der Waals surface area contributed by atoms with E-state index in [1.165, 1.54) is 0 Å². The minimum atomic E-state index is -0.334. The number of hydrogen-bond acceptors (Lipinski definition) is 4. The van der Waals surface area contributed by atoms with Crippen LogP contribution in [-0.2, 0) is 4.79 Å². The molecule has 3 rings (SSSR count). The summed E-state index contributed by atoms with van der Waals surface area (Å²) in [6.45, 7) is 0. The molecule has 1 amide bonds. The van der Waals surface area contributed by atoms with E-state index in [0.29, 0.717) is 0 Å². The maximum absolute atomic E-state index is 12.1. The van der Waals surface area contributed by atoms with Crippen molar-refractivity contribution in [2.75, 3.05) is 22.1 Å². The van der Waals surface area contributed by atoms with Gasteiger partial charge in [0, 0.05) is 10.8 Å². The maximum Gasteiger partial charge on any atom is 0.250 e. The molecule has 80 valence electrons. The molecule has 5 heteroatoms. The van der Waals surface area contributed by atoms with Crippen molar-refractivity contribution >= 4 is 40.4 Å². The van der Waals surface area contributed by atoms with Crippen molar-refractivity contribution in [3.63, 3.8) is 0 Å². The van der Waals surface area contributed by atoms with E-state index in [1.807, 2.05) is 17.1 Å². The van der Waals surface area contributed by atoms with Gasteiger partial charge in [-0.05, 0) is 24.3 Å². The molecule has 1 fully saturated rings. The number of amides is 1. The van der Waals surface area contributed by atoms with Crippen LogP contribution in [0.15, 0.2) is 10.8 Å². The second kappa shape index (κ2) is 3.42. The lowest BCUT2D eigenvalue weighted by Gasteiger charge is -2.40. The van der Waals surface area contributed by atoms with Crippen molar-refractivity contribution in [2.45, 2.75) is 18.4 Å². The van der Waals surface area contributed by atoms with E-state index in [4.69, 9.17) is 0 Å². The van der Waals surface area contributed by atoms with E-state index < -0.39 is 0 Å². The van der Waals surface area contributed by atoms with E-state index >= 15 is 0 Å². The third-order valence-electron chi connectivity index (χ3n) is 3.07. The second-order valence-corrected chi connectivity index (χ2v) is 5.94. The molecule has 0 radical (unpaired) electrons. The lowest BCUT2D eigenvalue weighted by atomic mass is 9.89.